The van der Waals surface area contributed by atoms with Crippen molar-refractivity contribution in [3.63, 3.8) is 0 Å². The number of ether oxygens (including phenoxy) is 2. The van der Waals surface area contributed by atoms with Gasteiger partial charge in [0.1, 0.15) is 11.5 Å². The molecule has 0 fully saturated rings. The van der Waals surface area contributed by atoms with Gasteiger partial charge in [0.15, 0.2) is 6.61 Å². The predicted molar refractivity (Wildman–Crippen MR) is 97.5 cm³/mol. The minimum absolute atomic E-state index is 0.0249. The zero-order valence-corrected chi connectivity index (χ0v) is 14.8. The van der Waals surface area contributed by atoms with Gasteiger partial charge in [0.2, 0.25) is 0 Å². The fourth-order valence-electron chi connectivity index (χ4n) is 2.45. The first-order valence-electron chi connectivity index (χ1n) is 8.28. The van der Waals surface area contributed by atoms with Gasteiger partial charge >= 0.3 is 5.97 Å². The molecule has 27 heavy (non-hydrogen) atoms. The average molecular weight is 368 g/mol. The highest BCUT2D eigenvalue weighted by Crippen LogP contribution is 2.21. The van der Waals surface area contributed by atoms with Crippen LogP contribution in [0.3, 0.4) is 0 Å². The Morgan fingerprint density at radius 2 is 1.89 bits per heavy atom. The molecular weight excluding hydrogens is 348 g/mol. The van der Waals surface area contributed by atoms with Crippen LogP contribution in [0, 0.1) is 17.2 Å². The molecule has 7 nitrogen and oxygen atoms in total. The van der Waals surface area contributed by atoms with Crippen molar-refractivity contribution in [1.82, 2.24) is 5.32 Å². The molecule has 0 bridgehead atoms. The lowest BCUT2D eigenvalue weighted by Gasteiger charge is -2.15. The molecule has 0 aromatic heterocycles. The Morgan fingerprint density at radius 1 is 1.19 bits per heavy atom. The highest BCUT2D eigenvalue weighted by atomic mass is 16.5. The molecule has 140 valence electrons. The van der Waals surface area contributed by atoms with Gasteiger partial charge in [0, 0.05) is 6.54 Å². The summed E-state index contributed by atoms with van der Waals surface area (Å²) in [5.41, 5.74) is 1.25. The van der Waals surface area contributed by atoms with Crippen LogP contribution in [0.5, 0.6) is 11.5 Å². The number of rotatable bonds is 9. The molecule has 1 atom stereocenters. The lowest BCUT2D eigenvalue weighted by molar-refractivity contribution is -0.141. The summed E-state index contributed by atoms with van der Waals surface area (Å²) in [6.07, 6.45) is 0.232. The molecule has 0 aliphatic heterocycles. The first kappa shape index (κ1) is 19.8. The maximum Gasteiger partial charge on any atom is 0.308 e. The molecule has 0 saturated carbocycles. The number of benzene rings is 2. The number of carboxylic acids is 1. The van der Waals surface area contributed by atoms with Crippen molar-refractivity contribution in [2.75, 3.05) is 20.3 Å². The highest BCUT2D eigenvalue weighted by molar-refractivity contribution is 5.78. The maximum atomic E-state index is 11.9. The smallest absolute Gasteiger partial charge is 0.308 e. The van der Waals surface area contributed by atoms with Gasteiger partial charge in [-0.2, -0.15) is 5.26 Å². The zero-order valence-electron chi connectivity index (χ0n) is 14.8. The van der Waals surface area contributed by atoms with Gasteiger partial charge in [-0.25, -0.2) is 0 Å². The average Bonchev–Trinajstić information content (AvgIpc) is 2.69. The number of hydrogen-bond acceptors (Lipinski definition) is 5. The number of carbonyl (C=O) groups is 2. The number of nitriles is 1. The van der Waals surface area contributed by atoms with E-state index < -0.39 is 17.8 Å². The summed E-state index contributed by atoms with van der Waals surface area (Å²) >= 11 is 0. The molecule has 7 heteroatoms. The number of aliphatic carboxylic acids is 1. The van der Waals surface area contributed by atoms with Crippen molar-refractivity contribution < 1.29 is 24.2 Å². The second-order valence-electron chi connectivity index (χ2n) is 5.78. The molecule has 1 unspecified atom stereocenters. The minimum atomic E-state index is -1.01. The van der Waals surface area contributed by atoms with Gasteiger partial charge in [-0.05, 0) is 42.3 Å². The topological polar surface area (TPSA) is 109 Å². The summed E-state index contributed by atoms with van der Waals surface area (Å²) in [7, 11) is 1.52. The molecule has 0 radical (unpaired) electrons. The van der Waals surface area contributed by atoms with Crippen molar-refractivity contribution in [2.45, 2.75) is 6.42 Å². The van der Waals surface area contributed by atoms with Crippen LogP contribution < -0.4 is 14.8 Å². The van der Waals surface area contributed by atoms with Crippen LogP contribution in [0.4, 0.5) is 0 Å². The van der Waals surface area contributed by atoms with Crippen LogP contribution in [-0.2, 0) is 16.0 Å². The Morgan fingerprint density at radius 3 is 2.52 bits per heavy atom. The number of nitrogens with zero attached hydrogens (tertiary/aromatic N) is 1. The predicted octanol–water partition coefficient (Wildman–Crippen LogP) is 2.01. The van der Waals surface area contributed by atoms with Crippen LogP contribution in [0.1, 0.15) is 11.1 Å². The zero-order chi connectivity index (χ0) is 19.6. The number of carboxylic acid groups (broad SMARTS) is 1. The van der Waals surface area contributed by atoms with E-state index in [-0.39, 0.29) is 19.6 Å². The Balaban J connectivity index is 1.86. The number of amides is 1. The SMILES string of the molecule is COc1ccccc1CC(CNC(=O)COc1ccc(C#N)cc1)C(=O)O. The molecule has 2 aromatic rings. The van der Waals surface area contributed by atoms with E-state index in [1.807, 2.05) is 6.07 Å². The first-order chi connectivity index (χ1) is 13.0. The maximum absolute atomic E-state index is 11.9. The summed E-state index contributed by atoms with van der Waals surface area (Å²) < 4.78 is 10.6. The Labute approximate surface area is 157 Å². The van der Waals surface area contributed by atoms with E-state index in [2.05, 4.69) is 5.32 Å². The number of carbonyl (C=O) groups excluding carboxylic acids is 1. The third-order valence-electron chi connectivity index (χ3n) is 3.91. The van der Waals surface area contributed by atoms with Crippen LogP contribution in [0.2, 0.25) is 0 Å². The van der Waals surface area contributed by atoms with Crippen molar-refractivity contribution in [3.8, 4) is 17.6 Å². The summed E-state index contributed by atoms with van der Waals surface area (Å²) in [5.74, 6) is -1.16. The second-order valence-corrected chi connectivity index (χ2v) is 5.78. The molecule has 0 aliphatic rings. The molecule has 2 N–H and O–H groups in total. The molecule has 0 heterocycles. The number of methoxy groups -OCH3 is 1. The van der Waals surface area contributed by atoms with Gasteiger partial charge in [-0.3, -0.25) is 9.59 Å². The monoisotopic (exact) mass is 368 g/mol. The number of para-hydroxylation sites is 1. The van der Waals surface area contributed by atoms with Crippen molar-refractivity contribution in [2.24, 2.45) is 5.92 Å². The first-order valence-corrected chi connectivity index (χ1v) is 8.28. The Kier molecular flexibility index (Phi) is 7.20. The van der Waals surface area contributed by atoms with Gasteiger partial charge in [0.05, 0.1) is 24.7 Å². The highest BCUT2D eigenvalue weighted by Gasteiger charge is 2.20. The molecule has 0 spiro atoms. The lowest BCUT2D eigenvalue weighted by Crippen LogP contribution is -2.36. The Bertz CT molecular complexity index is 827. The molecule has 2 aromatic carbocycles. The lowest BCUT2D eigenvalue weighted by atomic mass is 9.98. The van der Waals surface area contributed by atoms with E-state index in [9.17, 15) is 14.7 Å². The van der Waals surface area contributed by atoms with Gasteiger partial charge in [-0.15, -0.1) is 0 Å². The fourth-order valence-corrected chi connectivity index (χ4v) is 2.45. The molecule has 2 rings (SSSR count). The van der Waals surface area contributed by atoms with Crippen molar-refractivity contribution >= 4 is 11.9 Å². The van der Waals surface area contributed by atoms with E-state index in [0.717, 1.165) is 5.56 Å². The molecule has 0 saturated heterocycles. The summed E-state index contributed by atoms with van der Waals surface area (Å²) in [4.78, 5) is 23.4. The molecule has 0 aliphatic carbocycles. The summed E-state index contributed by atoms with van der Waals surface area (Å²) in [6.45, 7) is -0.268. The standard InChI is InChI=1S/C20H20N2O5/c1-26-18-5-3-2-4-15(18)10-16(20(24)25)12-22-19(23)13-27-17-8-6-14(11-21)7-9-17/h2-9,16H,10,12-13H2,1H3,(H,22,23)(H,24,25). The third kappa shape index (κ3) is 6.04. The normalized spacial score (nSPS) is 11.1. The Hall–Kier alpha value is -3.53. The van der Waals surface area contributed by atoms with Crippen LogP contribution in [0.15, 0.2) is 48.5 Å². The number of hydrogen-bond donors (Lipinski definition) is 2. The van der Waals surface area contributed by atoms with Gasteiger partial charge < -0.3 is 19.9 Å². The van der Waals surface area contributed by atoms with Crippen molar-refractivity contribution in [1.29, 1.82) is 5.26 Å². The molecular formula is C20H20N2O5. The quantitative estimate of drug-likeness (QED) is 0.701. The van der Waals surface area contributed by atoms with E-state index in [4.69, 9.17) is 14.7 Å². The minimum Gasteiger partial charge on any atom is -0.496 e. The van der Waals surface area contributed by atoms with Crippen LogP contribution in [-0.4, -0.2) is 37.2 Å². The van der Waals surface area contributed by atoms with Gasteiger partial charge in [-0.1, -0.05) is 18.2 Å². The second kappa shape index (κ2) is 9.82. The van der Waals surface area contributed by atoms with E-state index >= 15 is 0 Å². The van der Waals surface area contributed by atoms with Gasteiger partial charge in [0.25, 0.3) is 5.91 Å². The fraction of sp³-hybridized carbons (Fsp3) is 0.250. The summed E-state index contributed by atoms with van der Waals surface area (Å²) in [5, 5.41) is 20.7. The van der Waals surface area contributed by atoms with E-state index in [1.54, 1.807) is 48.5 Å². The van der Waals surface area contributed by atoms with E-state index in [0.29, 0.717) is 17.1 Å². The van der Waals surface area contributed by atoms with Crippen LogP contribution >= 0.6 is 0 Å². The van der Waals surface area contributed by atoms with Crippen LogP contribution in [0.25, 0.3) is 0 Å². The van der Waals surface area contributed by atoms with E-state index in [1.165, 1.54) is 7.11 Å². The summed E-state index contributed by atoms with van der Waals surface area (Å²) in [6, 6.07) is 15.5. The molecule has 1 amide bonds. The van der Waals surface area contributed by atoms with Crippen molar-refractivity contribution in [3.05, 3.63) is 59.7 Å². The third-order valence-corrected chi connectivity index (χ3v) is 3.91. The number of nitrogens with one attached hydrogen (secondary N) is 1. The largest absolute Gasteiger partial charge is 0.496 e.